The minimum atomic E-state index is -0.453. The van der Waals surface area contributed by atoms with Crippen molar-refractivity contribution in [3.63, 3.8) is 0 Å². The van der Waals surface area contributed by atoms with Crippen LogP contribution in [0.4, 0.5) is 0 Å². The number of nitrogens with one attached hydrogen (secondary N) is 1. The van der Waals surface area contributed by atoms with Gasteiger partial charge in [-0.25, -0.2) is 15.6 Å². The summed E-state index contributed by atoms with van der Waals surface area (Å²) in [6.07, 6.45) is 1.71. The van der Waals surface area contributed by atoms with Crippen LogP contribution in [0.15, 0.2) is 30.1 Å². The first-order chi connectivity index (χ1) is 11.9. The second-order valence-corrected chi connectivity index (χ2v) is 5.70. The Kier molecular flexibility index (Phi) is 4.28. The Morgan fingerprint density at radius 1 is 1.40 bits per heavy atom. The first kappa shape index (κ1) is 16.7. The van der Waals surface area contributed by atoms with E-state index in [-0.39, 0.29) is 5.69 Å². The summed E-state index contributed by atoms with van der Waals surface area (Å²) in [7, 11) is 1.72. The molecule has 8 nitrogen and oxygen atoms in total. The van der Waals surface area contributed by atoms with Crippen LogP contribution < -0.4 is 11.6 Å². The fourth-order valence-electron chi connectivity index (χ4n) is 2.81. The van der Waals surface area contributed by atoms with Crippen LogP contribution in [-0.4, -0.2) is 39.6 Å². The van der Waals surface area contributed by atoms with Gasteiger partial charge in [0.15, 0.2) is 5.69 Å². The Morgan fingerprint density at radius 3 is 2.80 bits per heavy atom. The fourth-order valence-corrected chi connectivity index (χ4v) is 2.81. The summed E-state index contributed by atoms with van der Waals surface area (Å²) in [5, 5.41) is 2.28. The summed E-state index contributed by atoms with van der Waals surface area (Å²) < 4.78 is 4.98. The monoisotopic (exact) mass is 340 g/mol. The zero-order valence-corrected chi connectivity index (χ0v) is 14.3. The third-order valence-corrected chi connectivity index (χ3v) is 3.78. The number of aromatic amines is 1. The van der Waals surface area contributed by atoms with Crippen LogP contribution in [0.1, 0.15) is 29.9 Å². The van der Waals surface area contributed by atoms with E-state index < -0.39 is 5.97 Å². The van der Waals surface area contributed by atoms with Crippen LogP contribution in [-0.2, 0) is 4.74 Å². The number of esters is 1. The number of aromatic nitrogens is 3. The molecule has 0 aromatic carbocycles. The van der Waals surface area contributed by atoms with Gasteiger partial charge >= 0.3 is 5.97 Å². The van der Waals surface area contributed by atoms with Crippen molar-refractivity contribution >= 4 is 33.7 Å². The van der Waals surface area contributed by atoms with Crippen LogP contribution >= 0.6 is 0 Å². The molecule has 0 aliphatic rings. The molecule has 0 aliphatic heterocycles. The van der Waals surface area contributed by atoms with Crippen LogP contribution in [0.3, 0.4) is 0 Å². The van der Waals surface area contributed by atoms with Crippen LogP contribution in [0.2, 0.25) is 0 Å². The number of carbonyl (C=O) groups excluding carboxylic acids is 1. The second-order valence-electron chi connectivity index (χ2n) is 5.70. The Balaban J connectivity index is 2.13. The average Bonchev–Trinajstić information content (AvgIpc) is 2.91. The molecule has 0 unspecified atom stereocenters. The van der Waals surface area contributed by atoms with Crippen molar-refractivity contribution < 1.29 is 9.53 Å². The molecule has 3 rings (SSSR count). The third-order valence-electron chi connectivity index (χ3n) is 3.78. The summed E-state index contributed by atoms with van der Waals surface area (Å²) in [6, 6.07) is 5.34. The maximum atomic E-state index is 11.8. The molecular formula is C17H20N6O2. The molecule has 0 amide bonds. The molecule has 3 aromatic heterocycles. The van der Waals surface area contributed by atoms with Gasteiger partial charge in [0.25, 0.3) is 0 Å². The summed E-state index contributed by atoms with van der Waals surface area (Å²) in [5.74, 6) is 5.41. The van der Waals surface area contributed by atoms with Gasteiger partial charge in [-0.2, -0.15) is 0 Å². The van der Waals surface area contributed by atoms with Gasteiger partial charge in [-0.05, 0) is 32.0 Å². The lowest BCUT2D eigenvalue weighted by atomic mass is 10.1. The molecule has 25 heavy (non-hydrogen) atoms. The molecule has 5 N–H and O–H groups in total. The maximum Gasteiger partial charge on any atom is 0.356 e. The largest absolute Gasteiger partial charge is 0.461 e. The minimum absolute atomic E-state index is 0.251. The van der Waals surface area contributed by atoms with Crippen molar-refractivity contribution in [3.05, 3.63) is 41.4 Å². The molecule has 0 bridgehead atoms. The molecule has 0 fully saturated rings. The molecular weight excluding hydrogens is 320 g/mol. The van der Waals surface area contributed by atoms with Crippen LogP contribution in [0.25, 0.3) is 27.8 Å². The number of carbonyl (C=O) groups is 1. The van der Waals surface area contributed by atoms with Crippen molar-refractivity contribution in [2.75, 3.05) is 13.7 Å². The van der Waals surface area contributed by atoms with Gasteiger partial charge in [-0.15, -0.1) is 0 Å². The van der Waals surface area contributed by atoms with E-state index in [9.17, 15) is 4.79 Å². The van der Waals surface area contributed by atoms with E-state index in [2.05, 4.69) is 15.0 Å². The van der Waals surface area contributed by atoms with E-state index in [0.717, 1.165) is 22.0 Å². The van der Waals surface area contributed by atoms with E-state index in [1.807, 2.05) is 6.07 Å². The lowest BCUT2D eigenvalue weighted by Gasteiger charge is -2.18. The summed E-state index contributed by atoms with van der Waals surface area (Å²) in [4.78, 5) is 23.9. The Bertz CT molecular complexity index is 985. The van der Waals surface area contributed by atoms with E-state index in [4.69, 9.17) is 16.3 Å². The number of nitrogens with zero attached hydrogens (tertiary/aromatic N) is 3. The molecule has 3 heterocycles. The fraction of sp³-hybridized carbons (Fsp3) is 0.235. The summed E-state index contributed by atoms with van der Waals surface area (Å²) in [5.41, 5.74) is 10.4. The smallest absolute Gasteiger partial charge is 0.356 e. The normalized spacial score (nSPS) is 12.3. The number of allylic oxidation sites excluding steroid dienone is 1. The van der Waals surface area contributed by atoms with Gasteiger partial charge in [-0.1, -0.05) is 0 Å². The van der Waals surface area contributed by atoms with Gasteiger partial charge in [0.05, 0.1) is 23.3 Å². The zero-order chi connectivity index (χ0) is 18.1. The molecule has 0 atom stereocenters. The number of ether oxygens (including phenoxy) is 1. The van der Waals surface area contributed by atoms with Gasteiger partial charge in [0, 0.05) is 29.9 Å². The minimum Gasteiger partial charge on any atom is -0.461 e. The number of nitrogens with two attached hydrogens (primary N) is 2. The van der Waals surface area contributed by atoms with E-state index in [0.29, 0.717) is 23.6 Å². The number of hydrogen-bond donors (Lipinski definition) is 3. The van der Waals surface area contributed by atoms with Gasteiger partial charge in [-0.3, -0.25) is 4.98 Å². The number of pyridine rings is 2. The number of rotatable bonds is 4. The predicted molar refractivity (Wildman–Crippen MR) is 96.1 cm³/mol. The molecule has 0 aliphatic carbocycles. The van der Waals surface area contributed by atoms with Crippen molar-refractivity contribution in [2.45, 2.75) is 13.8 Å². The highest BCUT2D eigenvalue weighted by Gasteiger charge is 2.15. The number of H-pyrrole nitrogens is 1. The average molecular weight is 340 g/mol. The Morgan fingerprint density at radius 2 is 2.16 bits per heavy atom. The molecule has 0 saturated carbocycles. The Hall–Kier alpha value is -3.13. The Labute approximate surface area is 144 Å². The van der Waals surface area contributed by atoms with Crippen LogP contribution in [0, 0.1) is 0 Å². The molecule has 8 heteroatoms. The highest BCUT2D eigenvalue weighted by Crippen LogP contribution is 2.26. The third kappa shape index (κ3) is 2.99. The van der Waals surface area contributed by atoms with Crippen molar-refractivity contribution in [1.29, 1.82) is 0 Å². The number of fused-ring (bicyclic) bond motifs is 3. The molecule has 3 aromatic rings. The first-order valence-electron chi connectivity index (χ1n) is 7.83. The summed E-state index contributed by atoms with van der Waals surface area (Å²) >= 11 is 0. The van der Waals surface area contributed by atoms with Gasteiger partial charge < -0.3 is 20.5 Å². The van der Waals surface area contributed by atoms with E-state index >= 15 is 0 Å². The maximum absolute atomic E-state index is 11.8. The second kappa shape index (κ2) is 6.40. The van der Waals surface area contributed by atoms with E-state index in [1.54, 1.807) is 39.2 Å². The first-order valence-corrected chi connectivity index (χ1v) is 7.83. The van der Waals surface area contributed by atoms with Crippen molar-refractivity contribution in [3.8, 4) is 0 Å². The standard InChI is InChI=1S/C17H20N6O2/c1-4-25-17(24)12-6-5-11-14-13(22-16(11)21-12)7-10(8-20-14)15(9(2)18)23(3)19/h5-8H,4,18-19H2,1-3H3,(H,21,22)/b15-9-. The van der Waals surface area contributed by atoms with Gasteiger partial charge in [0.1, 0.15) is 5.65 Å². The number of hydrogen-bond acceptors (Lipinski definition) is 7. The lowest BCUT2D eigenvalue weighted by molar-refractivity contribution is 0.0520. The van der Waals surface area contributed by atoms with Crippen molar-refractivity contribution in [1.82, 2.24) is 20.0 Å². The molecule has 0 saturated heterocycles. The number of hydrazine groups is 1. The quantitative estimate of drug-likeness (QED) is 0.375. The predicted octanol–water partition coefficient (Wildman–Crippen LogP) is 1.74. The topological polar surface area (TPSA) is 123 Å². The molecule has 0 radical (unpaired) electrons. The van der Waals surface area contributed by atoms with Crippen molar-refractivity contribution in [2.24, 2.45) is 11.6 Å². The zero-order valence-electron chi connectivity index (χ0n) is 14.3. The van der Waals surface area contributed by atoms with Gasteiger partial charge in [0.2, 0.25) is 0 Å². The highest BCUT2D eigenvalue weighted by atomic mass is 16.5. The lowest BCUT2D eigenvalue weighted by Crippen LogP contribution is -2.26. The highest BCUT2D eigenvalue weighted by molar-refractivity contribution is 6.05. The molecule has 130 valence electrons. The molecule has 0 spiro atoms. The summed E-state index contributed by atoms with van der Waals surface area (Å²) in [6.45, 7) is 3.83. The van der Waals surface area contributed by atoms with Crippen LogP contribution in [0.5, 0.6) is 0 Å². The van der Waals surface area contributed by atoms with E-state index in [1.165, 1.54) is 5.01 Å². The SMILES string of the molecule is CCOC(=O)c1ccc2c(n1)[nH]c1cc(/C(=C(\C)N)N(C)N)cnc12.